The van der Waals surface area contributed by atoms with E-state index in [1.165, 1.54) is 44.9 Å². The van der Waals surface area contributed by atoms with Crippen LogP contribution in [0, 0.1) is 6.92 Å². The van der Waals surface area contributed by atoms with Gasteiger partial charge in [-0.15, -0.1) is 0 Å². The molecule has 0 bridgehead atoms. The summed E-state index contributed by atoms with van der Waals surface area (Å²) in [5.41, 5.74) is 2.73. The van der Waals surface area contributed by atoms with Crippen molar-refractivity contribution in [1.29, 1.82) is 0 Å². The molecule has 0 radical (unpaired) electrons. The first kappa shape index (κ1) is 21.4. The van der Waals surface area contributed by atoms with Crippen molar-refractivity contribution in [2.75, 3.05) is 7.11 Å². The quantitative estimate of drug-likeness (QED) is 0.327. The van der Waals surface area contributed by atoms with Crippen LogP contribution in [0.2, 0.25) is 0 Å². The maximum atomic E-state index is 13.2. The van der Waals surface area contributed by atoms with E-state index in [0.29, 0.717) is 6.42 Å². The number of aryl methyl sites for hydroxylation is 1. The van der Waals surface area contributed by atoms with Crippen molar-refractivity contribution in [3.05, 3.63) is 36.2 Å². The molecule has 3 rings (SSSR count). The molecule has 1 aromatic carbocycles. The lowest BCUT2D eigenvalue weighted by Gasteiger charge is -2.08. The summed E-state index contributed by atoms with van der Waals surface area (Å²) in [4.78, 5) is 17.6. The van der Waals surface area contributed by atoms with Gasteiger partial charge in [-0.1, -0.05) is 58.3 Å². The molecule has 0 amide bonds. The van der Waals surface area contributed by atoms with Crippen molar-refractivity contribution in [2.24, 2.45) is 0 Å². The van der Waals surface area contributed by atoms with Gasteiger partial charge in [0.25, 0.3) is 0 Å². The maximum Gasteiger partial charge on any atom is 0.231 e. The van der Waals surface area contributed by atoms with E-state index < -0.39 is 0 Å². The molecule has 4 heteroatoms. The fourth-order valence-electron chi connectivity index (χ4n) is 4.19. The highest BCUT2D eigenvalue weighted by Crippen LogP contribution is 2.33. The number of hydrogen-bond donors (Lipinski definition) is 0. The summed E-state index contributed by atoms with van der Waals surface area (Å²) in [6, 6.07) is 7.95. The van der Waals surface area contributed by atoms with Gasteiger partial charge in [0.05, 0.1) is 23.8 Å². The number of benzene rings is 1. The summed E-state index contributed by atoms with van der Waals surface area (Å²) >= 11 is 0. The highest BCUT2D eigenvalue weighted by Gasteiger charge is 2.18. The fourth-order valence-corrected chi connectivity index (χ4v) is 4.19. The number of hydrogen-bond acceptors (Lipinski definition) is 3. The van der Waals surface area contributed by atoms with E-state index in [1.807, 2.05) is 42.0 Å². The summed E-state index contributed by atoms with van der Waals surface area (Å²) in [5, 5.41) is 2.15. The molecular weight excluding hydrogens is 360 g/mol. The van der Waals surface area contributed by atoms with Crippen LogP contribution in [0.25, 0.3) is 21.8 Å². The normalized spacial score (nSPS) is 11.4. The van der Waals surface area contributed by atoms with Gasteiger partial charge in [-0.05, 0) is 31.5 Å². The molecule has 4 nitrogen and oxygen atoms in total. The number of aromatic nitrogens is 2. The van der Waals surface area contributed by atoms with Crippen molar-refractivity contribution >= 4 is 27.7 Å². The van der Waals surface area contributed by atoms with Crippen molar-refractivity contribution in [1.82, 2.24) is 9.55 Å². The third-order valence-corrected chi connectivity index (χ3v) is 5.81. The van der Waals surface area contributed by atoms with E-state index >= 15 is 0 Å². The second-order valence-corrected chi connectivity index (χ2v) is 7.98. The first-order valence-corrected chi connectivity index (χ1v) is 11.1. The summed E-state index contributed by atoms with van der Waals surface area (Å²) < 4.78 is 7.26. The minimum Gasteiger partial charge on any atom is -0.497 e. The van der Waals surface area contributed by atoms with Crippen LogP contribution in [-0.2, 0) is 0 Å². The lowest BCUT2D eigenvalue weighted by Crippen LogP contribution is -2.11. The van der Waals surface area contributed by atoms with E-state index in [0.717, 1.165) is 46.1 Å². The zero-order valence-electron chi connectivity index (χ0n) is 18.2. The van der Waals surface area contributed by atoms with E-state index in [4.69, 9.17) is 4.74 Å². The molecule has 3 aromatic rings. The van der Waals surface area contributed by atoms with E-state index in [-0.39, 0.29) is 5.91 Å². The molecule has 2 aromatic heterocycles. The van der Waals surface area contributed by atoms with Gasteiger partial charge >= 0.3 is 0 Å². The molecule has 0 spiro atoms. The Kier molecular flexibility index (Phi) is 7.68. The van der Waals surface area contributed by atoms with Gasteiger partial charge in [-0.2, -0.15) is 0 Å². The van der Waals surface area contributed by atoms with Crippen LogP contribution in [0.4, 0.5) is 0 Å². The van der Waals surface area contributed by atoms with Crippen molar-refractivity contribution < 1.29 is 9.53 Å². The molecular formula is C25H34N2O2. The molecule has 0 saturated heterocycles. The molecule has 29 heavy (non-hydrogen) atoms. The molecule has 0 unspecified atom stereocenters. The maximum absolute atomic E-state index is 13.2. The van der Waals surface area contributed by atoms with E-state index in [2.05, 4.69) is 11.9 Å². The predicted molar refractivity (Wildman–Crippen MR) is 121 cm³/mol. The van der Waals surface area contributed by atoms with Gasteiger partial charge in [0.15, 0.2) is 0 Å². The number of unbranched alkanes of at least 4 members (excludes halogenated alkanes) is 8. The van der Waals surface area contributed by atoms with Crippen LogP contribution < -0.4 is 4.74 Å². The predicted octanol–water partition coefficient (Wildman–Crippen LogP) is 7.07. The molecule has 0 aliphatic heterocycles. The van der Waals surface area contributed by atoms with Crippen LogP contribution in [0.1, 0.15) is 81.6 Å². The SMILES string of the molecule is CCCCCCCCCCCC(=O)n1c2cc(OC)ccc2c2ccnc(C)c21. The Labute approximate surface area is 174 Å². The van der Waals surface area contributed by atoms with Gasteiger partial charge in [0.2, 0.25) is 5.91 Å². The summed E-state index contributed by atoms with van der Waals surface area (Å²) in [6.07, 6.45) is 13.6. The highest BCUT2D eigenvalue weighted by atomic mass is 16.5. The smallest absolute Gasteiger partial charge is 0.231 e. The average Bonchev–Trinajstić information content (AvgIpc) is 3.07. The lowest BCUT2D eigenvalue weighted by atomic mass is 10.1. The van der Waals surface area contributed by atoms with Crippen LogP contribution in [-0.4, -0.2) is 22.6 Å². The number of carbonyl (C=O) groups excluding carboxylic acids is 1. The molecule has 0 saturated carbocycles. The Morgan fingerprint density at radius 2 is 1.66 bits per heavy atom. The van der Waals surface area contributed by atoms with Gasteiger partial charge in [0.1, 0.15) is 5.75 Å². The number of pyridine rings is 1. The molecule has 0 aliphatic carbocycles. The zero-order valence-corrected chi connectivity index (χ0v) is 18.2. The van der Waals surface area contributed by atoms with Crippen molar-refractivity contribution in [3.63, 3.8) is 0 Å². The molecule has 0 aliphatic rings. The van der Waals surface area contributed by atoms with E-state index in [1.54, 1.807) is 7.11 Å². The Bertz CT molecular complexity index is 958. The van der Waals surface area contributed by atoms with Crippen molar-refractivity contribution in [3.8, 4) is 5.75 Å². The number of ether oxygens (including phenoxy) is 1. The Hall–Kier alpha value is -2.36. The number of methoxy groups -OCH3 is 1. The minimum atomic E-state index is 0.150. The Morgan fingerprint density at radius 3 is 2.34 bits per heavy atom. The second kappa shape index (κ2) is 10.4. The number of carbonyl (C=O) groups is 1. The van der Waals surface area contributed by atoms with Gasteiger partial charge in [-0.25, -0.2) is 0 Å². The first-order valence-electron chi connectivity index (χ1n) is 11.1. The standard InChI is InChI=1S/C25H34N2O2/c1-4-5-6-7-8-9-10-11-12-13-24(28)27-23-18-20(29-3)14-15-21(23)22-16-17-26-19(2)25(22)27/h14-18H,4-13H2,1-3H3. The van der Waals surface area contributed by atoms with E-state index in [9.17, 15) is 4.79 Å². The van der Waals surface area contributed by atoms with Crippen LogP contribution in [0.15, 0.2) is 30.5 Å². The molecule has 0 atom stereocenters. The summed E-state index contributed by atoms with van der Waals surface area (Å²) in [6.45, 7) is 4.22. The van der Waals surface area contributed by atoms with Gasteiger partial charge < -0.3 is 4.74 Å². The Morgan fingerprint density at radius 1 is 0.966 bits per heavy atom. The van der Waals surface area contributed by atoms with Crippen molar-refractivity contribution in [2.45, 2.75) is 78.1 Å². The Balaban J connectivity index is 1.68. The van der Waals surface area contributed by atoms with Gasteiger partial charge in [-0.3, -0.25) is 14.3 Å². The largest absolute Gasteiger partial charge is 0.497 e. The minimum absolute atomic E-state index is 0.150. The second-order valence-electron chi connectivity index (χ2n) is 7.98. The summed E-state index contributed by atoms with van der Waals surface area (Å²) in [7, 11) is 1.66. The molecule has 2 heterocycles. The van der Waals surface area contributed by atoms with Crippen LogP contribution >= 0.6 is 0 Å². The lowest BCUT2D eigenvalue weighted by molar-refractivity contribution is 0.0909. The first-order chi connectivity index (χ1) is 14.2. The average molecular weight is 395 g/mol. The molecule has 0 N–H and O–H groups in total. The van der Waals surface area contributed by atoms with Crippen LogP contribution in [0.3, 0.4) is 0 Å². The third-order valence-electron chi connectivity index (χ3n) is 5.81. The summed E-state index contributed by atoms with van der Waals surface area (Å²) in [5.74, 6) is 0.917. The fraction of sp³-hybridized carbons (Fsp3) is 0.520. The highest BCUT2D eigenvalue weighted by molar-refractivity contribution is 6.14. The number of rotatable bonds is 11. The number of fused-ring (bicyclic) bond motifs is 3. The molecule has 156 valence electrons. The third kappa shape index (κ3) is 4.98. The van der Waals surface area contributed by atoms with Gasteiger partial charge in [0, 0.05) is 29.5 Å². The monoisotopic (exact) mass is 394 g/mol. The number of nitrogens with zero attached hydrogens (tertiary/aromatic N) is 2. The van der Waals surface area contributed by atoms with Crippen LogP contribution in [0.5, 0.6) is 5.75 Å². The zero-order chi connectivity index (χ0) is 20.6. The molecule has 0 fully saturated rings. The topological polar surface area (TPSA) is 44.1 Å².